The fourth-order valence-electron chi connectivity index (χ4n) is 1.72. The predicted molar refractivity (Wildman–Crippen MR) is 63.1 cm³/mol. The Morgan fingerprint density at radius 2 is 2.28 bits per heavy atom. The van der Waals surface area contributed by atoms with E-state index in [1.165, 1.54) is 0 Å². The second kappa shape index (κ2) is 4.38. The van der Waals surface area contributed by atoms with Crippen LogP contribution >= 0.6 is 0 Å². The van der Waals surface area contributed by atoms with E-state index in [1.54, 1.807) is 19.4 Å². The van der Waals surface area contributed by atoms with Crippen LogP contribution in [0.25, 0.3) is 0 Å². The van der Waals surface area contributed by atoms with E-state index in [1.807, 2.05) is 6.07 Å². The third-order valence-electron chi connectivity index (χ3n) is 2.99. The van der Waals surface area contributed by atoms with E-state index in [9.17, 15) is 0 Å². The van der Waals surface area contributed by atoms with Gasteiger partial charge in [0.2, 0.25) is 11.8 Å². The molecule has 18 heavy (non-hydrogen) atoms. The Labute approximate surface area is 104 Å². The summed E-state index contributed by atoms with van der Waals surface area (Å²) in [4.78, 5) is 8.44. The van der Waals surface area contributed by atoms with Crippen molar-refractivity contribution in [1.82, 2.24) is 15.1 Å². The third kappa shape index (κ3) is 2.06. The maximum absolute atomic E-state index is 6.08. The number of aromatic nitrogens is 3. The minimum absolute atomic E-state index is 0.417. The molecule has 2 aromatic rings. The SMILES string of the molecule is COc1ccc(C(N)c2noc(C3CC3)n2)cn1. The summed E-state index contributed by atoms with van der Waals surface area (Å²) in [5.74, 6) is 2.19. The van der Waals surface area contributed by atoms with Crippen molar-refractivity contribution in [2.45, 2.75) is 24.8 Å². The topological polar surface area (TPSA) is 87.1 Å². The molecule has 6 heteroatoms. The van der Waals surface area contributed by atoms with E-state index >= 15 is 0 Å². The number of hydrogen-bond acceptors (Lipinski definition) is 6. The molecule has 6 nitrogen and oxygen atoms in total. The van der Waals surface area contributed by atoms with Crippen LogP contribution < -0.4 is 10.5 Å². The van der Waals surface area contributed by atoms with Gasteiger partial charge >= 0.3 is 0 Å². The zero-order valence-electron chi connectivity index (χ0n) is 10.0. The highest BCUT2D eigenvalue weighted by Crippen LogP contribution is 2.39. The standard InChI is InChI=1S/C12H14N4O2/c1-17-9-5-4-8(6-14-9)10(13)11-15-12(18-16-11)7-2-3-7/h4-7,10H,2-3,13H2,1H3. The van der Waals surface area contributed by atoms with E-state index < -0.39 is 6.04 Å². The number of rotatable bonds is 4. The van der Waals surface area contributed by atoms with Crippen molar-refractivity contribution in [1.29, 1.82) is 0 Å². The number of hydrogen-bond donors (Lipinski definition) is 1. The lowest BCUT2D eigenvalue weighted by Crippen LogP contribution is -2.14. The van der Waals surface area contributed by atoms with E-state index in [2.05, 4.69) is 15.1 Å². The van der Waals surface area contributed by atoms with Gasteiger partial charge in [0.25, 0.3) is 0 Å². The van der Waals surface area contributed by atoms with Crippen LogP contribution in [0.3, 0.4) is 0 Å². The Morgan fingerprint density at radius 1 is 1.44 bits per heavy atom. The number of nitrogens with two attached hydrogens (primary N) is 1. The Hall–Kier alpha value is -1.95. The summed E-state index contributed by atoms with van der Waals surface area (Å²) in [6.45, 7) is 0. The maximum Gasteiger partial charge on any atom is 0.229 e. The van der Waals surface area contributed by atoms with Crippen molar-refractivity contribution in [3.63, 3.8) is 0 Å². The first kappa shape index (κ1) is 11.2. The van der Waals surface area contributed by atoms with Crippen molar-refractivity contribution >= 4 is 0 Å². The molecule has 0 saturated heterocycles. The van der Waals surface area contributed by atoms with Crippen molar-refractivity contribution in [2.24, 2.45) is 5.73 Å². The highest BCUT2D eigenvalue weighted by atomic mass is 16.5. The molecule has 3 rings (SSSR count). The van der Waals surface area contributed by atoms with Crippen molar-refractivity contribution in [3.8, 4) is 5.88 Å². The average Bonchev–Trinajstić information content (AvgIpc) is 3.16. The van der Waals surface area contributed by atoms with Gasteiger partial charge in [0.15, 0.2) is 5.82 Å². The lowest BCUT2D eigenvalue weighted by atomic mass is 10.1. The van der Waals surface area contributed by atoms with Gasteiger partial charge in [-0.25, -0.2) is 4.98 Å². The van der Waals surface area contributed by atoms with Gasteiger partial charge in [-0.05, 0) is 18.4 Å². The molecule has 2 N–H and O–H groups in total. The van der Waals surface area contributed by atoms with Gasteiger partial charge < -0.3 is 15.0 Å². The summed E-state index contributed by atoms with van der Waals surface area (Å²) in [6.07, 6.45) is 3.92. The molecule has 94 valence electrons. The van der Waals surface area contributed by atoms with E-state index in [4.69, 9.17) is 15.0 Å². The lowest BCUT2D eigenvalue weighted by Gasteiger charge is -2.07. The first-order valence-corrected chi connectivity index (χ1v) is 5.87. The summed E-state index contributed by atoms with van der Waals surface area (Å²) < 4.78 is 10.2. The lowest BCUT2D eigenvalue weighted by molar-refractivity contribution is 0.372. The van der Waals surface area contributed by atoms with Crippen molar-refractivity contribution in [3.05, 3.63) is 35.6 Å². The predicted octanol–water partition coefficient (Wildman–Crippen LogP) is 1.40. The van der Waals surface area contributed by atoms with Crippen LogP contribution in [0.4, 0.5) is 0 Å². The molecule has 0 amide bonds. The molecule has 0 spiro atoms. The van der Waals surface area contributed by atoms with Gasteiger partial charge in [-0.15, -0.1) is 0 Å². The zero-order chi connectivity index (χ0) is 12.5. The number of pyridine rings is 1. The van der Waals surface area contributed by atoms with Gasteiger partial charge in [0.1, 0.15) is 0 Å². The summed E-state index contributed by atoms with van der Waals surface area (Å²) >= 11 is 0. The summed E-state index contributed by atoms with van der Waals surface area (Å²) in [5.41, 5.74) is 6.91. The molecule has 1 fully saturated rings. The molecule has 2 aromatic heterocycles. The van der Waals surface area contributed by atoms with Gasteiger partial charge in [0.05, 0.1) is 13.2 Å². The molecule has 1 aliphatic carbocycles. The highest BCUT2D eigenvalue weighted by Gasteiger charge is 2.30. The first-order valence-electron chi connectivity index (χ1n) is 5.87. The molecule has 1 aliphatic rings. The smallest absolute Gasteiger partial charge is 0.229 e. The number of ether oxygens (including phenoxy) is 1. The monoisotopic (exact) mass is 246 g/mol. The average molecular weight is 246 g/mol. The third-order valence-corrected chi connectivity index (χ3v) is 2.99. The number of methoxy groups -OCH3 is 1. The summed E-state index contributed by atoms with van der Waals surface area (Å²) in [7, 11) is 1.57. The minimum atomic E-state index is -0.417. The zero-order valence-corrected chi connectivity index (χ0v) is 10.0. The van der Waals surface area contributed by atoms with Crippen LogP contribution in [0, 0.1) is 0 Å². The first-order chi connectivity index (χ1) is 8.78. The Kier molecular flexibility index (Phi) is 2.71. The molecule has 1 atom stereocenters. The van der Waals surface area contributed by atoms with Crippen LogP contribution in [0.5, 0.6) is 5.88 Å². The van der Waals surface area contributed by atoms with E-state index in [0.29, 0.717) is 23.5 Å². The van der Waals surface area contributed by atoms with Crippen LogP contribution in [-0.2, 0) is 0 Å². The minimum Gasteiger partial charge on any atom is -0.481 e. The second-order valence-corrected chi connectivity index (χ2v) is 4.38. The second-order valence-electron chi connectivity index (χ2n) is 4.38. The molecule has 0 aliphatic heterocycles. The Bertz CT molecular complexity index is 533. The Balaban J connectivity index is 1.80. The van der Waals surface area contributed by atoms with Gasteiger partial charge in [0, 0.05) is 18.2 Å². The fraction of sp³-hybridized carbons (Fsp3) is 0.417. The van der Waals surface area contributed by atoms with Crippen LogP contribution in [0.1, 0.15) is 42.1 Å². The molecular weight excluding hydrogens is 232 g/mol. The van der Waals surface area contributed by atoms with Gasteiger partial charge in [-0.1, -0.05) is 11.2 Å². The van der Waals surface area contributed by atoms with Crippen molar-refractivity contribution < 1.29 is 9.26 Å². The van der Waals surface area contributed by atoms with Gasteiger partial charge in [-0.2, -0.15) is 4.98 Å². The molecular formula is C12H14N4O2. The molecule has 1 saturated carbocycles. The van der Waals surface area contributed by atoms with E-state index in [-0.39, 0.29) is 0 Å². The van der Waals surface area contributed by atoms with Crippen molar-refractivity contribution in [2.75, 3.05) is 7.11 Å². The van der Waals surface area contributed by atoms with Crippen LogP contribution in [-0.4, -0.2) is 22.2 Å². The molecule has 2 heterocycles. The molecule has 0 bridgehead atoms. The van der Waals surface area contributed by atoms with Crippen LogP contribution in [0.2, 0.25) is 0 Å². The summed E-state index contributed by atoms with van der Waals surface area (Å²) in [6, 6.07) is 3.19. The van der Waals surface area contributed by atoms with Gasteiger partial charge in [-0.3, -0.25) is 0 Å². The largest absolute Gasteiger partial charge is 0.481 e. The van der Waals surface area contributed by atoms with E-state index in [0.717, 1.165) is 18.4 Å². The summed E-state index contributed by atoms with van der Waals surface area (Å²) in [5, 5.41) is 3.93. The maximum atomic E-state index is 6.08. The normalized spacial score (nSPS) is 16.6. The Morgan fingerprint density at radius 3 is 2.89 bits per heavy atom. The molecule has 0 aromatic carbocycles. The highest BCUT2D eigenvalue weighted by molar-refractivity contribution is 5.24. The molecule has 1 unspecified atom stereocenters. The fourth-order valence-corrected chi connectivity index (χ4v) is 1.72. The molecule has 0 radical (unpaired) electrons. The number of nitrogens with zero attached hydrogens (tertiary/aromatic N) is 3. The van der Waals surface area contributed by atoms with Crippen LogP contribution in [0.15, 0.2) is 22.9 Å². The quantitative estimate of drug-likeness (QED) is 0.877.